The minimum absolute atomic E-state index is 0. The largest absolute Gasteiger partial charge is 0.497 e. The zero-order valence-electron chi connectivity index (χ0n) is 15.9. The molecular formula is C20H25ClFIN4O. The number of nitrogens with one attached hydrogen (secondary N) is 1. The lowest BCUT2D eigenvalue weighted by Crippen LogP contribution is -2.26. The van der Waals surface area contributed by atoms with E-state index >= 15 is 0 Å². The molecule has 0 amide bonds. The molecule has 1 fully saturated rings. The number of ether oxygens (including phenoxy) is 1. The van der Waals surface area contributed by atoms with E-state index in [1.165, 1.54) is 6.07 Å². The van der Waals surface area contributed by atoms with E-state index in [1.807, 2.05) is 37.4 Å². The molecule has 2 atom stereocenters. The third-order valence-electron chi connectivity index (χ3n) is 4.90. The number of methoxy groups -OCH3 is 1. The molecule has 0 aliphatic carbocycles. The van der Waals surface area contributed by atoms with Gasteiger partial charge >= 0.3 is 0 Å². The van der Waals surface area contributed by atoms with Crippen LogP contribution in [0.5, 0.6) is 5.75 Å². The number of hydrogen-bond acceptors (Lipinski definition) is 3. The number of likely N-dealkylation sites (tertiary alicyclic amines) is 1. The van der Waals surface area contributed by atoms with Gasteiger partial charge in [-0.2, -0.15) is 0 Å². The molecule has 5 nitrogen and oxygen atoms in total. The van der Waals surface area contributed by atoms with Gasteiger partial charge in [-0.3, -0.25) is 9.89 Å². The van der Waals surface area contributed by atoms with Gasteiger partial charge in [0, 0.05) is 24.3 Å². The first-order valence-electron chi connectivity index (χ1n) is 8.84. The van der Waals surface area contributed by atoms with E-state index in [4.69, 9.17) is 22.1 Å². The molecule has 1 heterocycles. The van der Waals surface area contributed by atoms with Gasteiger partial charge in [-0.05, 0) is 55.8 Å². The van der Waals surface area contributed by atoms with Gasteiger partial charge in [0.05, 0.1) is 12.1 Å². The summed E-state index contributed by atoms with van der Waals surface area (Å²) in [5.74, 6) is 0.950. The smallest absolute Gasteiger partial charge is 0.193 e. The van der Waals surface area contributed by atoms with Crippen molar-refractivity contribution in [2.24, 2.45) is 16.6 Å². The predicted octanol–water partition coefficient (Wildman–Crippen LogP) is 4.53. The van der Waals surface area contributed by atoms with Gasteiger partial charge in [0.15, 0.2) is 5.96 Å². The maximum Gasteiger partial charge on any atom is 0.193 e. The first-order valence-corrected chi connectivity index (χ1v) is 9.22. The highest BCUT2D eigenvalue weighted by atomic mass is 127. The van der Waals surface area contributed by atoms with Gasteiger partial charge in [0.2, 0.25) is 0 Å². The average Bonchev–Trinajstić information content (AvgIpc) is 3.03. The van der Waals surface area contributed by atoms with Crippen molar-refractivity contribution >= 4 is 47.2 Å². The summed E-state index contributed by atoms with van der Waals surface area (Å²) in [5.41, 5.74) is 7.77. The summed E-state index contributed by atoms with van der Waals surface area (Å²) >= 11 is 5.82. The van der Waals surface area contributed by atoms with Crippen LogP contribution >= 0.6 is 35.6 Å². The molecule has 28 heavy (non-hydrogen) atoms. The Morgan fingerprint density at radius 1 is 1.36 bits per heavy atom. The molecule has 152 valence electrons. The Kier molecular flexibility index (Phi) is 8.33. The van der Waals surface area contributed by atoms with E-state index in [0.717, 1.165) is 30.0 Å². The first kappa shape index (κ1) is 22.7. The molecule has 3 N–H and O–H groups in total. The Hall–Kier alpha value is -1.58. The van der Waals surface area contributed by atoms with Crippen molar-refractivity contribution in [3.8, 4) is 5.75 Å². The zero-order valence-corrected chi connectivity index (χ0v) is 18.9. The molecule has 1 aliphatic heterocycles. The van der Waals surface area contributed by atoms with Crippen LogP contribution in [0.15, 0.2) is 47.5 Å². The lowest BCUT2D eigenvalue weighted by Gasteiger charge is -2.25. The van der Waals surface area contributed by atoms with Crippen LogP contribution in [-0.2, 0) is 0 Å². The van der Waals surface area contributed by atoms with Gasteiger partial charge < -0.3 is 15.8 Å². The summed E-state index contributed by atoms with van der Waals surface area (Å²) in [6, 6.07) is 12.6. The highest BCUT2D eigenvalue weighted by Crippen LogP contribution is 2.37. The lowest BCUT2D eigenvalue weighted by molar-refractivity contribution is 0.279. The third kappa shape index (κ3) is 5.48. The normalized spacial score (nSPS) is 19.9. The fourth-order valence-electron chi connectivity index (χ4n) is 3.54. The number of benzene rings is 2. The second-order valence-corrected chi connectivity index (χ2v) is 7.14. The number of nitrogens with zero attached hydrogens (tertiary/aromatic N) is 2. The number of rotatable bonds is 5. The van der Waals surface area contributed by atoms with Crippen molar-refractivity contribution in [1.29, 1.82) is 0 Å². The molecular weight excluding hydrogens is 494 g/mol. The fraction of sp³-hybridized carbons (Fsp3) is 0.350. The molecule has 0 aromatic heterocycles. The number of anilines is 1. The molecule has 0 radical (unpaired) electrons. The van der Waals surface area contributed by atoms with Crippen LogP contribution in [0.3, 0.4) is 0 Å². The van der Waals surface area contributed by atoms with E-state index < -0.39 is 5.82 Å². The van der Waals surface area contributed by atoms with Gasteiger partial charge in [0.25, 0.3) is 0 Å². The van der Waals surface area contributed by atoms with E-state index in [-0.39, 0.29) is 41.0 Å². The summed E-state index contributed by atoms with van der Waals surface area (Å²) in [6.45, 7) is 1.49. The van der Waals surface area contributed by atoms with Crippen molar-refractivity contribution in [3.05, 3.63) is 58.9 Å². The quantitative estimate of drug-likeness (QED) is 0.347. The standard InChI is InChI=1S/C20H24ClFN4O.HI/c1-26-9-8-14(19(26)13-6-7-17(21)18(22)10-13)12-24-20(23)25-15-4-3-5-16(11-15)27-2;/h3-7,10-11,14,19H,8-9,12H2,1-2H3,(H3,23,24,25);1H. The SMILES string of the molecule is COc1cccc(NC(N)=NCC2CCN(C)C2c2ccc(Cl)c(F)c2)c1.I. The molecule has 2 aromatic rings. The number of guanidine groups is 1. The summed E-state index contributed by atoms with van der Waals surface area (Å²) in [4.78, 5) is 6.72. The van der Waals surface area contributed by atoms with Crippen LogP contribution in [-0.4, -0.2) is 38.1 Å². The van der Waals surface area contributed by atoms with Gasteiger partial charge in [-0.25, -0.2) is 4.39 Å². The first-order chi connectivity index (χ1) is 13.0. The van der Waals surface area contributed by atoms with Gasteiger partial charge in [-0.15, -0.1) is 24.0 Å². The minimum Gasteiger partial charge on any atom is -0.497 e. The van der Waals surface area contributed by atoms with Crippen LogP contribution in [0.1, 0.15) is 18.0 Å². The monoisotopic (exact) mass is 518 g/mol. The van der Waals surface area contributed by atoms with Crippen LogP contribution in [0, 0.1) is 11.7 Å². The Morgan fingerprint density at radius 3 is 2.86 bits per heavy atom. The molecule has 0 saturated carbocycles. The number of aliphatic imine (C=N–C) groups is 1. The topological polar surface area (TPSA) is 62.9 Å². The Morgan fingerprint density at radius 2 is 2.14 bits per heavy atom. The second kappa shape index (κ2) is 10.3. The van der Waals surface area contributed by atoms with Gasteiger partial charge in [0.1, 0.15) is 11.6 Å². The molecule has 8 heteroatoms. The van der Waals surface area contributed by atoms with E-state index in [0.29, 0.717) is 12.5 Å². The minimum atomic E-state index is -0.393. The molecule has 0 bridgehead atoms. The highest BCUT2D eigenvalue weighted by Gasteiger charge is 2.33. The summed E-state index contributed by atoms with van der Waals surface area (Å²) in [7, 11) is 3.66. The predicted molar refractivity (Wildman–Crippen MR) is 123 cm³/mol. The maximum absolute atomic E-state index is 13.9. The Labute approximate surface area is 187 Å². The van der Waals surface area contributed by atoms with Crippen LogP contribution < -0.4 is 15.8 Å². The van der Waals surface area contributed by atoms with E-state index in [1.54, 1.807) is 13.2 Å². The number of halogens is 3. The summed E-state index contributed by atoms with van der Waals surface area (Å²) < 4.78 is 19.1. The highest BCUT2D eigenvalue weighted by molar-refractivity contribution is 14.0. The van der Waals surface area contributed by atoms with Crippen LogP contribution in [0.4, 0.5) is 10.1 Å². The molecule has 1 aliphatic rings. The molecule has 2 aromatic carbocycles. The maximum atomic E-state index is 13.9. The van der Waals surface area contributed by atoms with Crippen molar-refractivity contribution in [3.63, 3.8) is 0 Å². The lowest BCUT2D eigenvalue weighted by atomic mass is 9.94. The van der Waals surface area contributed by atoms with Crippen molar-refractivity contribution in [2.45, 2.75) is 12.5 Å². The Balaban J connectivity index is 0.00000280. The Bertz CT molecular complexity index is 836. The number of hydrogen-bond donors (Lipinski definition) is 2. The third-order valence-corrected chi connectivity index (χ3v) is 5.20. The van der Waals surface area contributed by atoms with E-state index in [9.17, 15) is 4.39 Å². The van der Waals surface area contributed by atoms with E-state index in [2.05, 4.69) is 15.2 Å². The summed E-state index contributed by atoms with van der Waals surface area (Å²) in [6.07, 6.45) is 0.974. The summed E-state index contributed by atoms with van der Waals surface area (Å²) in [5, 5.41) is 3.22. The zero-order chi connectivity index (χ0) is 19.4. The molecule has 0 spiro atoms. The number of nitrogens with two attached hydrogens (primary N) is 1. The molecule has 2 unspecified atom stereocenters. The molecule has 1 saturated heterocycles. The molecule has 3 rings (SSSR count). The van der Waals surface area contributed by atoms with Crippen LogP contribution in [0.25, 0.3) is 0 Å². The average molecular weight is 519 g/mol. The van der Waals surface area contributed by atoms with Crippen molar-refractivity contribution in [1.82, 2.24) is 4.90 Å². The fourth-order valence-corrected chi connectivity index (χ4v) is 3.66. The second-order valence-electron chi connectivity index (χ2n) is 6.73. The van der Waals surface area contributed by atoms with Gasteiger partial charge in [-0.1, -0.05) is 23.7 Å². The van der Waals surface area contributed by atoms with Crippen LogP contribution in [0.2, 0.25) is 5.02 Å². The van der Waals surface area contributed by atoms with Crippen molar-refractivity contribution in [2.75, 3.05) is 32.6 Å². The van der Waals surface area contributed by atoms with Crippen molar-refractivity contribution < 1.29 is 9.13 Å².